The summed E-state index contributed by atoms with van der Waals surface area (Å²) in [5.74, 6) is 1.30. The second-order valence-electron chi connectivity index (χ2n) is 3.96. The Labute approximate surface area is 121 Å². The molecule has 0 amide bonds. The van der Waals surface area contributed by atoms with E-state index in [9.17, 15) is 0 Å². The maximum Gasteiger partial charge on any atom is 0.143 e. The third-order valence-corrected chi connectivity index (χ3v) is 3.98. The monoisotopic (exact) mass is 298 g/mol. The molecule has 0 spiro atoms. The van der Waals surface area contributed by atoms with Gasteiger partial charge in [0.25, 0.3) is 0 Å². The highest BCUT2D eigenvalue weighted by Crippen LogP contribution is 2.37. The number of anilines is 1. The molecule has 0 aliphatic rings. The average molecular weight is 299 g/mol. The van der Waals surface area contributed by atoms with Crippen molar-refractivity contribution >= 4 is 28.6 Å². The third kappa shape index (κ3) is 3.11. The van der Waals surface area contributed by atoms with E-state index in [0.29, 0.717) is 16.5 Å². The zero-order chi connectivity index (χ0) is 13.8. The second-order valence-corrected chi connectivity index (χ2v) is 5.28. The van der Waals surface area contributed by atoms with E-state index in [-0.39, 0.29) is 6.04 Å². The number of hydrogen-bond donors (Lipinski definition) is 1. The van der Waals surface area contributed by atoms with Crippen molar-refractivity contribution in [2.75, 3.05) is 19.5 Å². The minimum atomic E-state index is 0.132. The summed E-state index contributed by atoms with van der Waals surface area (Å²) < 4.78 is 10.5. The molecule has 2 aromatic rings. The summed E-state index contributed by atoms with van der Waals surface area (Å²) in [5.41, 5.74) is 2.65. The zero-order valence-electron chi connectivity index (χ0n) is 10.9. The summed E-state index contributed by atoms with van der Waals surface area (Å²) in [6.07, 6.45) is 1.85. The van der Waals surface area contributed by atoms with E-state index < -0.39 is 0 Å². The molecule has 0 aliphatic carbocycles. The molecular weight excluding hydrogens is 284 g/mol. The Morgan fingerprint density at radius 1 is 1.26 bits per heavy atom. The SMILES string of the molecule is COc1cc(NC(C)c2cncs2)c(OC)cc1Cl. The van der Waals surface area contributed by atoms with Crippen LogP contribution in [0.4, 0.5) is 5.69 Å². The fourth-order valence-corrected chi connectivity index (χ4v) is 2.58. The van der Waals surface area contributed by atoms with Crippen molar-refractivity contribution < 1.29 is 9.47 Å². The fraction of sp³-hybridized carbons (Fsp3) is 0.308. The van der Waals surface area contributed by atoms with E-state index in [2.05, 4.69) is 17.2 Å². The first-order valence-electron chi connectivity index (χ1n) is 5.72. The van der Waals surface area contributed by atoms with Crippen LogP contribution < -0.4 is 14.8 Å². The second kappa shape index (κ2) is 6.12. The molecule has 0 radical (unpaired) electrons. The van der Waals surface area contributed by atoms with Crippen molar-refractivity contribution in [1.29, 1.82) is 0 Å². The lowest BCUT2D eigenvalue weighted by atomic mass is 10.2. The lowest BCUT2D eigenvalue weighted by Gasteiger charge is -2.17. The van der Waals surface area contributed by atoms with E-state index in [0.717, 1.165) is 10.6 Å². The Bertz CT molecular complexity index is 546. The predicted octanol–water partition coefficient (Wildman–Crippen LogP) is 3.99. The molecule has 1 heterocycles. The van der Waals surface area contributed by atoms with Gasteiger partial charge in [-0.25, -0.2) is 0 Å². The number of ether oxygens (including phenoxy) is 2. The Morgan fingerprint density at radius 2 is 2.00 bits per heavy atom. The van der Waals surface area contributed by atoms with E-state index in [4.69, 9.17) is 21.1 Å². The largest absolute Gasteiger partial charge is 0.495 e. The molecule has 1 unspecified atom stereocenters. The van der Waals surface area contributed by atoms with Crippen molar-refractivity contribution in [1.82, 2.24) is 4.98 Å². The summed E-state index contributed by atoms with van der Waals surface area (Å²) in [4.78, 5) is 5.23. The van der Waals surface area contributed by atoms with Gasteiger partial charge in [-0.05, 0) is 6.92 Å². The molecule has 2 rings (SSSR count). The molecule has 1 atom stereocenters. The number of methoxy groups -OCH3 is 2. The van der Waals surface area contributed by atoms with E-state index in [1.165, 1.54) is 0 Å². The number of thiazole rings is 1. The van der Waals surface area contributed by atoms with Crippen molar-refractivity contribution in [3.63, 3.8) is 0 Å². The molecule has 1 N–H and O–H groups in total. The molecule has 0 saturated carbocycles. The van der Waals surface area contributed by atoms with Crippen LogP contribution in [-0.4, -0.2) is 19.2 Å². The smallest absolute Gasteiger partial charge is 0.143 e. The Morgan fingerprint density at radius 3 is 2.58 bits per heavy atom. The van der Waals surface area contributed by atoms with E-state index >= 15 is 0 Å². The van der Waals surface area contributed by atoms with Crippen molar-refractivity contribution in [2.45, 2.75) is 13.0 Å². The first-order chi connectivity index (χ1) is 9.15. The van der Waals surface area contributed by atoms with Crippen molar-refractivity contribution in [3.05, 3.63) is 33.7 Å². The zero-order valence-corrected chi connectivity index (χ0v) is 12.5. The van der Waals surface area contributed by atoms with Gasteiger partial charge >= 0.3 is 0 Å². The van der Waals surface area contributed by atoms with Crippen molar-refractivity contribution in [3.8, 4) is 11.5 Å². The topological polar surface area (TPSA) is 43.4 Å². The summed E-state index contributed by atoms with van der Waals surface area (Å²) in [6.45, 7) is 2.06. The predicted molar refractivity (Wildman–Crippen MR) is 78.7 cm³/mol. The lowest BCUT2D eigenvalue weighted by molar-refractivity contribution is 0.404. The van der Waals surface area contributed by atoms with Gasteiger partial charge in [0.15, 0.2) is 0 Å². The van der Waals surface area contributed by atoms with Crippen LogP contribution in [0.1, 0.15) is 17.8 Å². The standard InChI is InChI=1S/C13H15ClN2O2S/c1-8(13-6-15-7-19-13)16-10-5-11(17-2)9(14)4-12(10)18-3/h4-8,16H,1-3H3. The van der Waals surface area contributed by atoms with Crippen LogP contribution in [0.3, 0.4) is 0 Å². The van der Waals surface area contributed by atoms with Gasteiger partial charge in [-0.3, -0.25) is 4.98 Å². The Kier molecular flexibility index (Phi) is 4.50. The summed E-state index contributed by atoms with van der Waals surface area (Å²) in [7, 11) is 3.20. The molecule has 0 saturated heterocycles. The van der Waals surface area contributed by atoms with Gasteiger partial charge in [0.1, 0.15) is 11.5 Å². The quantitative estimate of drug-likeness (QED) is 0.906. The molecule has 1 aromatic carbocycles. The van der Waals surface area contributed by atoms with E-state index in [1.54, 1.807) is 31.6 Å². The average Bonchev–Trinajstić information content (AvgIpc) is 2.94. The summed E-state index contributed by atoms with van der Waals surface area (Å²) >= 11 is 7.68. The summed E-state index contributed by atoms with van der Waals surface area (Å²) in [5, 5.41) is 3.90. The van der Waals surface area contributed by atoms with Crippen LogP contribution in [0.2, 0.25) is 5.02 Å². The van der Waals surface area contributed by atoms with Crippen molar-refractivity contribution in [2.24, 2.45) is 0 Å². The van der Waals surface area contributed by atoms with Gasteiger partial charge < -0.3 is 14.8 Å². The molecule has 0 bridgehead atoms. The van der Waals surface area contributed by atoms with Gasteiger partial charge in [0.2, 0.25) is 0 Å². The van der Waals surface area contributed by atoms with Crippen LogP contribution in [0.15, 0.2) is 23.8 Å². The molecule has 102 valence electrons. The van der Waals surface area contributed by atoms with E-state index in [1.807, 2.05) is 17.8 Å². The number of benzene rings is 1. The molecular formula is C13H15ClN2O2S. The Balaban J connectivity index is 2.28. The molecule has 6 heteroatoms. The highest BCUT2D eigenvalue weighted by atomic mass is 35.5. The first kappa shape index (κ1) is 14.0. The molecule has 1 aromatic heterocycles. The maximum absolute atomic E-state index is 6.08. The fourth-order valence-electron chi connectivity index (χ4n) is 1.72. The normalized spacial score (nSPS) is 12.0. The number of nitrogens with zero attached hydrogens (tertiary/aromatic N) is 1. The lowest BCUT2D eigenvalue weighted by Crippen LogP contribution is -2.06. The number of rotatable bonds is 5. The highest BCUT2D eigenvalue weighted by molar-refractivity contribution is 7.09. The molecule has 4 nitrogen and oxygen atoms in total. The van der Waals surface area contributed by atoms with Gasteiger partial charge in [-0.15, -0.1) is 11.3 Å². The molecule has 19 heavy (non-hydrogen) atoms. The van der Waals surface area contributed by atoms with Crippen LogP contribution in [0, 0.1) is 0 Å². The van der Waals surface area contributed by atoms with Gasteiger partial charge in [0, 0.05) is 23.2 Å². The number of aromatic nitrogens is 1. The van der Waals surface area contributed by atoms with Crippen LogP contribution in [0.25, 0.3) is 0 Å². The maximum atomic E-state index is 6.08. The minimum Gasteiger partial charge on any atom is -0.495 e. The number of halogens is 1. The Hall–Kier alpha value is -1.46. The third-order valence-electron chi connectivity index (χ3n) is 2.72. The van der Waals surface area contributed by atoms with Crippen LogP contribution in [-0.2, 0) is 0 Å². The molecule has 0 fully saturated rings. The first-order valence-corrected chi connectivity index (χ1v) is 6.98. The minimum absolute atomic E-state index is 0.132. The van der Waals surface area contributed by atoms with Crippen LogP contribution >= 0.6 is 22.9 Å². The van der Waals surface area contributed by atoms with Crippen LogP contribution in [0.5, 0.6) is 11.5 Å². The number of nitrogens with one attached hydrogen (secondary N) is 1. The van der Waals surface area contributed by atoms with Gasteiger partial charge in [-0.1, -0.05) is 11.6 Å². The van der Waals surface area contributed by atoms with Gasteiger partial charge in [0.05, 0.1) is 36.5 Å². The highest BCUT2D eigenvalue weighted by Gasteiger charge is 2.13. The molecule has 0 aliphatic heterocycles. The number of hydrogen-bond acceptors (Lipinski definition) is 5. The van der Waals surface area contributed by atoms with Gasteiger partial charge in [-0.2, -0.15) is 0 Å². The summed E-state index contributed by atoms with van der Waals surface area (Å²) in [6, 6.07) is 3.70.